The summed E-state index contributed by atoms with van der Waals surface area (Å²) in [7, 11) is 0. The largest absolute Gasteiger partial charge is 0.481 e. The van der Waals surface area contributed by atoms with Gasteiger partial charge in [-0.1, -0.05) is 30.3 Å². The fourth-order valence-corrected chi connectivity index (χ4v) is 2.40. The fourth-order valence-electron chi connectivity index (χ4n) is 2.40. The number of nitrogens with one attached hydrogen (secondary N) is 1. The van der Waals surface area contributed by atoms with E-state index in [-0.39, 0.29) is 18.4 Å². The summed E-state index contributed by atoms with van der Waals surface area (Å²) >= 11 is 0. The third-order valence-electron chi connectivity index (χ3n) is 3.82. The van der Waals surface area contributed by atoms with E-state index in [9.17, 15) is 9.59 Å². The second-order valence-corrected chi connectivity index (χ2v) is 5.66. The predicted octanol–water partition coefficient (Wildman–Crippen LogP) is 3.55. The van der Waals surface area contributed by atoms with Gasteiger partial charge < -0.3 is 14.8 Å². The highest BCUT2D eigenvalue weighted by Crippen LogP contribution is 2.30. The van der Waals surface area contributed by atoms with E-state index in [1.165, 1.54) is 0 Å². The van der Waals surface area contributed by atoms with Crippen LogP contribution in [0, 0.1) is 13.8 Å². The Morgan fingerprint density at radius 3 is 2.48 bits per heavy atom. The quantitative estimate of drug-likeness (QED) is 0.854. The highest BCUT2D eigenvalue weighted by molar-refractivity contribution is 6.01. The van der Waals surface area contributed by atoms with Crippen LogP contribution in [-0.2, 0) is 4.79 Å². The molecule has 2 rings (SSSR count). The van der Waals surface area contributed by atoms with Gasteiger partial charge in [-0.3, -0.25) is 9.59 Å². The maximum atomic E-state index is 12.6. The second kappa shape index (κ2) is 7.13. The Kier molecular flexibility index (Phi) is 5.21. The standard InChI is InChI=1S/C18H21NO4/c1-11(9-10-15(20)21)19-18(22)16-12(2)13(3)23-17(16)14-7-5-4-6-8-14/h4-8,11H,9-10H2,1-3H3,(H,19,22)(H,20,21). The van der Waals surface area contributed by atoms with Gasteiger partial charge in [-0.15, -0.1) is 0 Å². The van der Waals surface area contributed by atoms with Crippen molar-refractivity contribution in [3.8, 4) is 11.3 Å². The first kappa shape index (κ1) is 16.8. The van der Waals surface area contributed by atoms with E-state index in [1.807, 2.05) is 44.2 Å². The number of rotatable bonds is 6. The van der Waals surface area contributed by atoms with Crippen LogP contribution in [-0.4, -0.2) is 23.0 Å². The third kappa shape index (κ3) is 4.00. The molecule has 0 aliphatic carbocycles. The van der Waals surface area contributed by atoms with E-state index in [1.54, 1.807) is 6.92 Å². The zero-order chi connectivity index (χ0) is 17.0. The Morgan fingerprint density at radius 1 is 1.22 bits per heavy atom. The number of hydrogen-bond donors (Lipinski definition) is 2. The van der Waals surface area contributed by atoms with E-state index >= 15 is 0 Å². The molecule has 1 aromatic heterocycles. The molecular formula is C18H21NO4. The van der Waals surface area contributed by atoms with Crippen LogP contribution in [0.5, 0.6) is 0 Å². The summed E-state index contributed by atoms with van der Waals surface area (Å²) in [6.45, 7) is 5.47. The first-order valence-electron chi connectivity index (χ1n) is 7.58. The molecule has 2 N–H and O–H groups in total. The van der Waals surface area contributed by atoms with Crippen molar-refractivity contribution in [3.05, 3.63) is 47.2 Å². The normalized spacial score (nSPS) is 12.0. The number of aliphatic carboxylic acids is 1. The minimum atomic E-state index is -0.869. The molecule has 0 aliphatic heterocycles. The van der Waals surface area contributed by atoms with Crippen molar-refractivity contribution in [3.63, 3.8) is 0 Å². The molecule has 1 atom stereocenters. The van der Waals surface area contributed by atoms with Gasteiger partial charge >= 0.3 is 5.97 Å². The highest BCUT2D eigenvalue weighted by Gasteiger charge is 2.23. The average molecular weight is 315 g/mol. The van der Waals surface area contributed by atoms with Gasteiger partial charge in [0.25, 0.3) is 5.91 Å². The molecule has 122 valence electrons. The van der Waals surface area contributed by atoms with Crippen molar-refractivity contribution in [1.82, 2.24) is 5.32 Å². The summed E-state index contributed by atoms with van der Waals surface area (Å²) in [6.07, 6.45) is 0.411. The maximum Gasteiger partial charge on any atom is 0.303 e. The minimum absolute atomic E-state index is 0.0242. The summed E-state index contributed by atoms with van der Waals surface area (Å²) in [6, 6.07) is 9.24. The first-order chi connectivity index (χ1) is 10.9. The molecule has 1 amide bonds. The molecule has 5 nitrogen and oxygen atoms in total. The molecule has 0 spiro atoms. The summed E-state index contributed by atoms with van der Waals surface area (Å²) in [5, 5.41) is 11.6. The van der Waals surface area contributed by atoms with Crippen LogP contribution >= 0.6 is 0 Å². The van der Waals surface area contributed by atoms with Gasteiger partial charge in [0, 0.05) is 23.6 Å². The highest BCUT2D eigenvalue weighted by atomic mass is 16.4. The maximum absolute atomic E-state index is 12.6. The molecule has 1 aromatic carbocycles. The molecule has 0 fully saturated rings. The Morgan fingerprint density at radius 2 is 1.87 bits per heavy atom. The van der Waals surface area contributed by atoms with Gasteiger partial charge in [0.2, 0.25) is 0 Å². The molecule has 0 radical (unpaired) electrons. The number of amides is 1. The summed E-state index contributed by atoms with van der Waals surface area (Å²) in [4.78, 5) is 23.2. The molecule has 1 unspecified atom stereocenters. The molecule has 5 heteroatoms. The van der Waals surface area contributed by atoms with Crippen molar-refractivity contribution >= 4 is 11.9 Å². The molecule has 0 saturated heterocycles. The number of carbonyl (C=O) groups excluding carboxylic acids is 1. The Bertz CT molecular complexity index is 703. The Hall–Kier alpha value is -2.56. The smallest absolute Gasteiger partial charge is 0.303 e. The van der Waals surface area contributed by atoms with Crippen molar-refractivity contribution in [1.29, 1.82) is 0 Å². The van der Waals surface area contributed by atoms with Gasteiger partial charge in [-0.25, -0.2) is 0 Å². The minimum Gasteiger partial charge on any atom is -0.481 e. The lowest BCUT2D eigenvalue weighted by atomic mass is 10.0. The molecular weight excluding hydrogens is 294 g/mol. The predicted molar refractivity (Wildman–Crippen MR) is 87.4 cm³/mol. The van der Waals surface area contributed by atoms with Gasteiger partial charge in [0.1, 0.15) is 11.5 Å². The van der Waals surface area contributed by atoms with Gasteiger partial charge in [-0.2, -0.15) is 0 Å². The molecule has 0 saturated carbocycles. The lowest BCUT2D eigenvalue weighted by Gasteiger charge is -2.13. The number of carboxylic acid groups (broad SMARTS) is 1. The van der Waals surface area contributed by atoms with Crippen LogP contribution in [0.4, 0.5) is 0 Å². The zero-order valence-electron chi connectivity index (χ0n) is 13.6. The molecule has 23 heavy (non-hydrogen) atoms. The fraction of sp³-hybridized carbons (Fsp3) is 0.333. The molecule has 0 aliphatic rings. The van der Waals surface area contributed by atoms with Crippen LogP contribution in [0.2, 0.25) is 0 Å². The average Bonchev–Trinajstić information content (AvgIpc) is 2.82. The van der Waals surface area contributed by atoms with Crippen molar-refractivity contribution in [2.75, 3.05) is 0 Å². The molecule has 1 heterocycles. The third-order valence-corrected chi connectivity index (χ3v) is 3.82. The van der Waals surface area contributed by atoms with Crippen LogP contribution in [0.1, 0.15) is 41.4 Å². The SMILES string of the molecule is Cc1oc(-c2ccccc2)c(C(=O)NC(C)CCC(=O)O)c1C. The number of carbonyl (C=O) groups is 2. The van der Waals surface area contributed by atoms with Crippen molar-refractivity contribution < 1.29 is 19.1 Å². The van der Waals surface area contributed by atoms with E-state index in [4.69, 9.17) is 9.52 Å². The van der Waals surface area contributed by atoms with E-state index in [2.05, 4.69) is 5.32 Å². The van der Waals surface area contributed by atoms with Crippen molar-refractivity contribution in [2.24, 2.45) is 0 Å². The zero-order valence-corrected chi connectivity index (χ0v) is 13.6. The Labute approximate surface area is 135 Å². The number of benzene rings is 1. The summed E-state index contributed by atoms with van der Waals surface area (Å²) in [5.41, 5.74) is 2.15. The van der Waals surface area contributed by atoms with Crippen molar-refractivity contribution in [2.45, 2.75) is 39.7 Å². The van der Waals surface area contributed by atoms with E-state index in [0.29, 0.717) is 23.5 Å². The first-order valence-corrected chi connectivity index (χ1v) is 7.58. The number of aryl methyl sites for hydroxylation is 1. The molecule has 0 bridgehead atoms. The number of furan rings is 1. The van der Waals surface area contributed by atoms with Crippen LogP contribution in [0.25, 0.3) is 11.3 Å². The number of hydrogen-bond acceptors (Lipinski definition) is 3. The lowest BCUT2D eigenvalue weighted by molar-refractivity contribution is -0.137. The Balaban J connectivity index is 2.25. The topological polar surface area (TPSA) is 79.5 Å². The van der Waals surface area contributed by atoms with Gasteiger partial charge in [-0.05, 0) is 27.2 Å². The molecule has 2 aromatic rings. The monoisotopic (exact) mass is 315 g/mol. The summed E-state index contributed by atoms with van der Waals surface area (Å²) < 4.78 is 5.78. The number of carboxylic acids is 1. The van der Waals surface area contributed by atoms with Gasteiger partial charge in [0.05, 0.1) is 5.56 Å². The summed E-state index contributed by atoms with van der Waals surface area (Å²) in [5.74, 6) is 0.137. The second-order valence-electron chi connectivity index (χ2n) is 5.66. The van der Waals surface area contributed by atoms with Crippen LogP contribution in [0.3, 0.4) is 0 Å². The van der Waals surface area contributed by atoms with E-state index < -0.39 is 5.97 Å². The van der Waals surface area contributed by atoms with E-state index in [0.717, 1.165) is 11.1 Å². The van der Waals surface area contributed by atoms with Crippen LogP contribution in [0.15, 0.2) is 34.7 Å². The van der Waals surface area contributed by atoms with Crippen LogP contribution < -0.4 is 5.32 Å². The van der Waals surface area contributed by atoms with Gasteiger partial charge in [0.15, 0.2) is 0 Å². The lowest BCUT2D eigenvalue weighted by Crippen LogP contribution is -2.33.